The standard InChI is InChI=1S/C18H18N2OS/c19-16-8-6-13(21-11-12-4-2-1-3-5-12)10-15(16)14-7-9-17(22)18(14)20/h1-6,8,10,14,20H,7,9,11,19H2. The van der Waals surface area contributed by atoms with Crippen LogP contribution >= 0.6 is 12.2 Å². The normalized spacial score (nSPS) is 17.7. The van der Waals surface area contributed by atoms with Gasteiger partial charge in [0.2, 0.25) is 0 Å². The van der Waals surface area contributed by atoms with Crippen molar-refractivity contribution in [1.82, 2.24) is 0 Å². The summed E-state index contributed by atoms with van der Waals surface area (Å²) in [4.78, 5) is 0.750. The Balaban J connectivity index is 1.78. The number of rotatable bonds is 4. The van der Waals surface area contributed by atoms with Crippen molar-refractivity contribution in [2.75, 3.05) is 5.73 Å². The molecule has 1 saturated carbocycles. The number of benzene rings is 2. The Morgan fingerprint density at radius 3 is 2.64 bits per heavy atom. The van der Waals surface area contributed by atoms with Crippen LogP contribution in [0.5, 0.6) is 5.75 Å². The van der Waals surface area contributed by atoms with Crippen LogP contribution in [0.3, 0.4) is 0 Å². The number of ether oxygens (including phenoxy) is 1. The Bertz CT molecular complexity index is 712. The van der Waals surface area contributed by atoms with Crippen LogP contribution in [-0.2, 0) is 6.61 Å². The summed E-state index contributed by atoms with van der Waals surface area (Å²) >= 11 is 5.21. The number of nitrogen functional groups attached to an aromatic ring is 1. The fourth-order valence-corrected chi connectivity index (χ4v) is 3.01. The first-order valence-corrected chi connectivity index (χ1v) is 7.74. The second kappa shape index (κ2) is 6.28. The lowest BCUT2D eigenvalue weighted by atomic mass is 9.94. The highest BCUT2D eigenvalue weighted by Gasteiger charge is 2.28. The highest BCUT2D eigenvalue weighted by Crippen LogP contribution is 2.35. The van der Waals surface area contributed by atoms with Crippen LogP contribution < -0.4 is 10.5 Å². The Hall–Kier alpha value is -2.20. The van der Waals surface area contributed by atoms with E-state index in [1.165, 1.54) is 0 Å². The maximum absolute atomic E-state index is 8.12. The number of anilines is 1. The molecule has 0 radical (unpaired) electrons. The minimum Gasteiger partial charge on any atom is -0.489 e. The molecule has 2 aromatic carbocycles. The predicted molar refractivity (Wildman–Crippen MR) is 93.9 cm³/mol. The molecule has 0 heterocycles. The molecule has 1 atom stereocenters. The molecule has 0 aliphatic heterocycles. The summed E-state index contributed by atoms with van der Waals surface area (Å²) in [5.41, 5.74) is 9.39. The van der Waals surface area contributed by atoms with E-state index >= 15 is 0 Å². The van der Waals surface area contributed by atoms with Gasteiger partial charge in [0.05, 0.1) is 5.71 Å². The molecule has 1 fully saturated rings. The van der Waals surface area contributed by atoms with E-state index in [2.05, 4.69) is 0 Å². The van der Waals surface area contributed by atoms with Gasteiger partial charge in [-0.15, -0.1) is 0 Å². The van der Waals surface area contributed by atoms with E-state index in [1.807, 2.05) is 48.5 Å². The molecule has 1 aliphatic rings. The molecule has 4 heteroatoms. The molecule has 112 valence electrons. The van der Waals surface area contributed by atoms with Gasteiger partial charge < -0.3 is 15.9 Å². The van der Waals surface area contributed by atoms with Gasteiger partial charge >= 0.3 is 0 Å². The van der Waals surface area contributed by atoms with E-state index in [1.54, 1.807) is 0 Å². The SMILES string of the molecule is N=C1C(=S)CCC1c1cc(OCc2ccccc2)ccc1N. The molecular weight excluding hydrogens is 292 g/mol. The average Bonchev–Trinajstić information content (AvgIpc) is 2.87. The van der Waals surface area contributed by atoms with Crippen LogP contribution in [0.25, 0.3) is 0 Å². The van der Waals surface area contributed by atoms with Crippen molar-refractivity contribution in [3.05, 3.63) is 59.7 Å². The summed E-state index contributed by atoms with van der Waals surface area (Å²) in [5.74, 6) is 0.784. The smallest absolute Gasteiger partial charge is 0.120 e. The van der Waals surface area contributed by atoms with Crippen molar-refractivity contribution in [3.63, 3.8) is 0 Å². The minimum atomic E-state index is 0.00720. The van der Waals surface area contributed by atoms with Crippen molar-refractivity contribution in [2.24, 2.45) is 0 Å². The monoisotopic (exact) mass is 310 g/mol. The first-order valence-electron chi connectivity index (χ1n) is 7.33. The van der Waals surface area contributed by atoms with Gasteiger partial charge in [0.25, 0.3) is 0 Å². The van der Waals surface area contributed by atoms with Crippen LogP contribution in [0.2, 0.25) is 0 Å². The van der Waals surface area contributed by atoms with Gasteiger partial charge in [0.15, 0.2) is 0 Å². The summed E-state index contributed by atoms with van der Waals surface area (Å²) in [6.07, 6.45) is 1.66. The summed E-state index contributed by atoms with van der Waals surface area (Å²) in [5, 5.41) is 8.12. The molecule has 0 aromatic heterocycles. The van der Waals surface area contributed by atoms with Crippen molar-refractivity contribution in [3.8, 4) is 5.75 Å². The third-order valence-electron chi connectivity index (χ3n) is 3.99. The van der Waals surface area contributed by atoms with Gasteiger partial charge in [0, 0.05) is 16.5 Å². The van der Waals surface area contributed by atoms with Crippen LogP contribution in [0.1, 0.15) is 29.9 Å². The van der Waals surface area contributed by atoms with Gasteiger partial charge in [-0.25, -0.2) is 0 Å². The topological polar surface area (TPSA) is 59.1 Å². The van der Waals surface area contributed by atoms with Gasteiger partial charge in [-0.1, -0.05) is 42.5 Å². The van der Waals surface area contributed by atoms with Crippen molar-refractivity contribution >= 4 is 28.5 Å². The van der Waals surface area contributed by atoms with E-state index in [4.69, 9.17) is 28.1 Å². The van der Waals surface area contributed by atoms with E-state index in [0.29, 0.717) is 18.0 Å². The van der Waals surface area contributed by atoms with Crippen LogP contribution in [0.15, 0.2) is 48.5 Å². The first kappa shape index (κ1) is 14.7. The lowest BCUT2D eigenvalue weighted by Gasteiger charge is -2.15. The lowest BCUT2D eigenvalue weighted by molar-refractivity contribution is 0.306. The zero-order valence-corrected chi connectivity index (χ0v) is 13.0. The summed E-state index contributed by atoms with van der Waals surface area (Å²) in [7, 11) is 0. The minimum absolute atomic E-state index is 0.00720. The first-order chi connectivity index (χ1) is 10.6. The highest BCUT2D eigenvalue weighted by molar-refractivity contribution is 7.82. The third-order valence-corrected chi connectivity index (χ3v) is 4.41. The Morgan fingerprint density at radius 1 is 1.18 bits per heavy atom. The maximum atomic E-state index is 8.12. The molecule has 0 bridgehead atoms. The number of thiocarbonyl (C=S) groups is 1. The molecule has 3 rings (SSSR count). The third kappa shape index (κ3) is 3.02. The molecule has 0 amide bonds. The van der Waals surface area contributed by atoms with Gasteiger partial charge in [-0.2, -0.15) is 0 Å². The molecule has 2 aromatic rings. The fraction of sp³-hybridized carbons (Fsp3) is 0.222. The van der Waals surface area contributed by atoms with E-state index < -0.39 is 0 Å². The molecule has 1 unspecified atom stereocenters. The lowest BCUT2D eigenvalue weighted by Crippen LogP contribution is -2.11. The molecule has 3 N–H and O–H groups in total. The van der Waals surface area contributed by atoms with Gasteiger partial charge in [0.1, 0.15) is 12.4 Å². The second-order valence-electron chi connectivity index (χ2n) is 5.49. The quantitative estimate of drug-likeness (QED) is 0.660. The number of nitrogens with one attached hydrogen (secondary N) is 1. The van der Waals surface area contributed by atoms with Crippen molar-refractivity contribution in [1.29, 1.82) is 5.41 Å². The van der Waals surface area contributed by atoms with Crippen LogP contribution in [-0.4, -0.2) is 10.6 Å². The molecule has 0 saturated heterocycles. The molecular formula is C18H18N2OS. The zero-order valence-electron chi connectivity index (χ0n) is 12.2. The maximum Gasteiger partial charge on any atom is 0.120 e. The average molecular weight is 310 g/mol. The second-order valence-corrected chi connectivity index (χ2v) is 5.99. The van der Waals surface area contributed by atoms with Gasteiger partial charge in [-0.3, -0.25) is 0 Å². The summed E-state index contributed by atoms with van der Waals surface area (Å²) in [6, 6.07) is 15.7. The predicted octanol–water partition coefficient (Wildman–Crippen LogP) is 4.11. The molecule has 1 aliphatic carbocycles. The van der Waals surface area contributed by atoms with Crippen LogP contribution in [0, 0.1) is 5.41 Å². The van der Waals surface area contributed by atoms with E-state index in [-0.39, 0.29) is 5.92 Å². The van der Waals surface area contributed by atoms with Gasteiger partial charge in [-0.05, 0) is 42.2 Å². The summed E-state index contributed by atoms with van der Waals surface area (Å²) in [6.45, 7) is 0.519. The number of hydrogen-bond donors (Lipinski definition) is 2. The number of hydrogen-bond acceptors (Lipinski definition) is 4. The fourth-order valence-electron chi connectivity index (χ4n) is 2.75. The molecule has 0 spiro atoms. The van der Waals surface area contributed by atoms with Crippen molar-refractivity contribution < 1.29 is 4.74 Å². The molecule has 3 nitrogen and oxygen atoms in total. The van der Waals surface area contributed by atoms with Crippen LogP contribution in [0.4, 0.5) is 5.69 Å². The van der Waals surface area contributed by atoms with E-state index in [9.17, 15) is 0 Å². The largest absolute Gasteiger partial charge is 0.489 e. The Labute approximate surface area is 135 Å². The van der Waals surface area contributed by atoms with E-state index in [0.717, 1.165) is 34.6 Å². The molecule has 22 heavy (non-hydrogen) atoms. The Morgan fingerprint density at radius 2 is 1.95 bits per heavy atom. The van der Waals surface area contributed by atoms with Crippen molar-refractivity contribution in [2.45, 2.75) is 25.4 Å². The Kier molecular flexibility index (Phi) is 4.20. The highest BCUT2D eigenvalue weighted by atomic mass is 32.1. The zero-order chi connectivity index (χ0) is 15.5. The summed E-state index contributed by atoms with van der Waals surface area (Å²) < 4.78 is 5.85. The number of nitrogens with two attached hydrogens (primary N) is 1.